The van der Waals surface area contributed by atoms with E-state index in [9.17, 15) is 0 Å². The molecule has 11 heavy (non-hydrogen) atoms. The van der Waals surface area contributed by atoms with Gasteiger partial charge in [-0.2, -0.15) is 0 Å². The summed E-state index contributed by atoms with van der Waals surface area (Å²) in [6.07, 6.45) is 11.5. The van der Waals surface area contributed by atoms with Gasteiger partial charge in [-0.15, -0.1) is 24.7 Å². The molecule has 0 heterocycles. The zero-order valence-corrected chi connectivity index (χ0v) is 7.18. The topological polar surface area (TPSA) is 9.23 Å². The Bertz CT molecular complexity index is 164. The van der Waals surface area contributed by atoms with E-state index in [-0.39, 0.29) is 5.60 Å². The van der Waals surface area contributed by atoms with E-state index in [0.29, 0.717) is 19.4 Å². The summed E-state index contributed by atoms with van der Waals surface area (Å²) in [6.45, 7) is 4.53. The number of hydrogen-bond acceptors (Lipinski definition) is 1. The van der Waals surface area contributed by atoms with Crippen molar-refractivity contribution in [3.05, 3.63) is 0 Å². The summed E-state index contributed by atoms with van der Waals surface area (Å²) in [5, 5.41) is 0. The third-order valence-electron chi connectivity index (χ3n) is 1.44. The number of rotatable bonds is 4. The molecule has 1 heteroatoms. The molecule has 0 fully saturated rings. The van der Waals surface area contributed by atoms with E-state index in [0.717, 1.165) is 0 Å². The fourth-order valence-corrected chi connectivity index (χ4v) is 0.945. The molecule has 0 radical (unpaired) electrons. The normalized spacial score (nSPS) is 10.2. The second-order valence-electron chi connectivity index (χ2n) is 2.64. The summed E-state index contributed by atoms with van der Waals surface area (Å²) in [5.41, 5.74) is -0.321. The third-order valence-corrected chi connectivity index (χ3v) is 1.44. The molecular formula is C10H14O. The SMILES string of the molecule is C#CCC(C)(CC#C)OCC. The second-order valence-corrected chi connectivity index (χ2v) is 2.64. The Morgan fingerprint density at radius 3 is 2.00 bits per heavy atom. The van der Waals surface area contributed by atoms with E-state index < -0.39 is 0 Å². The molecule has 0 saturated carbocycles. The molecule has 0 aromatic heterocycles. The molecule has 0 aliphatic heterocycles. The van der Waals surface area contributed by atoms with Crippen LogP contribution in [0, 0.1) is 24.7 Å². The lowest BCUT2D eigenvalue weighted by atomic mass is 9.99. The van der Waals surface area contributed by atoms with Gasteiger partial charge in [0.25, 0.3) is 0 Å². The van der Waals surface area contributed by atoms with Crippen LogP contribution in [0.3, 0.4) is 0 Å². The first kappa shape index (κ1) is 10.1. The highest BCUT2D eigenvalue weighted by Gasteiger charge is 2.21. The number of terminal acetylenes is 2. The molecule has 0 rings (SSSR count). The van der Waals surface area contributed by atoms with Crippen molar-refractivity contribution in [1.29, 1.82) is 0 Å². The van der Waals surface area contributed by atoms with Crippen molar-refractivity contribution in [3.8, 4) is 24.7 Å². The zero-order valence-electron chi connectivity index (χ0n) is 7.18. The van der Waals surface area contributed by atoms with Crippen LogP contribution in [-0.4, -0.2) is 12.2 Å². The molecule has 0 aliphatic rings. The van der Waals surface area contributed by atoms with E-state index >= 15 is 0 Å². The smallest absolute Gasteiger partial charge is 0.0871 e. The average molecular weight is 150 g/mol. The average Bonchev–Trinajstić information content (AvgIpc) is 1.88. The van der Waals surface area contributed by atoms with Gasteiger partial charge >= 0.3 is 0 Å². The van der Waals surface area contributed by atoms with Gasteiger partial charge in [-0.25, -0.2) is 0 Å². The summed E-state index contributed by atoms with van der Waals surface area (Å²) in [5.74, 6) is 5.11. The second kappa shape index (κ2) is 4.83. The fourth-order valence-electron chi connectivity index (χ4n) is 0.945. The molecule has 0 bridgehead atoms. The van der Waals surface area contributed by atoms with Gasteiger partial charge in [-0.1, -0.05) is 0 Å². The molecule has 0 atom stereocenters. The first-order valence-corrected chi connectivity index (χ1v) is 3.69. The lowest BCUT2D eigenvalue weighted by molar-refractivity contribution is -0.0167. The van der Waals surface area contributed by atoms with E-state index in [1.165, 1.54) is 0 Å². The van der Waals surface area contributed by atoms with Gasteiger partial charge in [0.05, 0.1) is 5.60 Å². The Balaban J connectivity index is 4.05. The molecule has 0 aromatic carbocycles. The molecule has 0 aromatic rings. The van der Waals surface area contributed by atoms with Crippen molar-refractivity contribution >= 4 is 0 Å². The van der Waals surface area contributed by atoms with Crippen LogP contribution in [0.25, 0.3) is 0 Å². The van der Waals surface area contributed by atoms with Crippen LogP contribution in [0.2, 0.25) is 0 Å². The molecule has 0 unspecified atom stereocenters. The van der Waals surface area contributed by atoms with Gasteiger partial charge < -0.3 is 4.74 Å². The highest BCUT2D eigenvalue weighted by molar-refractivity contribution is 5.01. The van der Waals surface area contributed by atoms with Crippen LogP contribution < -0.4 is 0 Å². The third kappa shape index (κ3) is 3.71. The van der Waals surface area contributed by atoms with Crippen LogP contribution >= 0.6 is 0 Å². The summed E-state index contributed by atoms with van der Waals surface area (Å²) >= 11 is 0. The Kier molecular flexibility index (Phi) is 4.42. The van der Waals surface area contributed by atoms with Gasteiger partial charge in [0.1, 0.15) is 0 Å². The molecule has 1 nitrogen and oxygen atoms in total. The first-order valence-electron chi connectivity index (χ1n) is 3.69. The summed E-state index contributed by atoms with van der Waals surface area (Å²) in [6, 6.07) is 0. The minimum Gasteiger partial charge on any atom is -0.374 e. The van der Waals surface area contributed by atoms with Crippen molar-refractivity contribution in [1.82, 2.24) is 0 Å². The molecule has 0 amide bonds. The van der Waals surface area contributed by atoms with E-state index in [1.807, 2.05) is 13.8 Å². The fraction of sp³-hybridized carbons (Fsp3) is 0.600. The maximum absolute atomic E-state index is 5.43. The van der Waals surface area contributed by atoms with Crippen molar-refractivity contribution in [2.24, 2.45) is 0 Å². The molecule has 0 saturated heterocycles. The standard InChI is InChI=1S/C10H14O/c1-5-8-10(4,9-6-2)11-7-3/h1-2H,7-9H2,3-4H3. The quantitative estimate of drug-likeness (QED) is 0.555. The highest BCUT2D eigenvalue weighted by Crippen LogP contribution is 2.18. The lowest BCUT2D eigenvalue weighted by Crippen LogP contribution is -2.27. The van der Waals surface area contributed by atoms with Crippen LogP contribution in [0.1, 0.15) is 26.7 Å². The van der Waals surface area contributed by atoms with E-state index in [2.05, 4.69) is 11.8 Å². The lowest BCUT2D eigenvalue weighted by Gasteiger charge is -2.24. The van der Waals surface area contributed by atoms with Gasteiger partial charge in [0, 0.05) is 19.4 Å². The zero-order chi connectivity index (χ0) is 8.74. The minimum absolute atomic E-state index is 0.321. The summed E-state index contributed by atoms with van der Waals surface area (Å²) in [4.78, 5) is 0. The Hall–Kier alpha value is -0.920. The molecule has 0 N–H and O–H groups in total. The largest absolute Gasteiger partial charge is 0.374 e. The monoisotopic (exact) mass is 150 g/mol. The van der Waals surface area contributed by atoms with Crippen molar-refractivity contribution in [2.75, 3.05) is 6.61 Å². The molecule has 0 spiro atoms. The van der Waals surface area contributed by atoms with Crippen LogP contribution in [-0.2, 0) is 4.74 Å². The van der Waals surface area contributed by atoms with Crippen molar-refractivity contribution in [3.63, 3.8) is 0 Å². The highest BCUT2D eigenvalue weighted by atomic mass is 16.5. The van der Waals surface area contributed by atoms with Gasteiger partial charge in [0.2, 0.25) is 0 Å². The first-order chi connectivity index (χ1) is 5.18. The maximum atomic E-state index is 5.43. The molecule has 60 valence electrons. The summed E-state index contributed by atoms with van der Waals surface area (Å²) in [7, 11) is 0. The van der Waals surface area contributed by atoms with Crippen LogP contribution in [0.5, 0.6) is 0 Å². The van der Waals surface area contributed by atoms with Gasteiger partial charge in [0.15, 0.2) is 0 Å². The predicted molar refractivity (Wildman–Crippen MR) is 46.9 cm³/mol. The van der Waals surface area contributed by atoms with Gasteiger partial charge in [-0.05, 0) is 13.8 Å². The summed E-state index contributed by atoms with van der Waals surface area (Å²) < 4.78 is 5.43. The van der Waals surface area contributed by atoms with E-state index in [1.54, 1.807) is 0 Å². The Morgan fingerprint density at radius 1 is 1.27 bits per heavy atom. The van der Waals surface area contributed by atoms with Gasteiger partial charge in [-0.3, -0.25) is 0 Å². The Morgan fingerprint density at radius 2 is 1.73 bits per heavy atom. The van der Waals surface area contributed by atoms with Crippen molar-refractivity contribution in [2.45, 2.75) is 32.3 Å². The van der Waals surface area contributed by atoms with Crippen molar-refractivity contribution < 1.29 is 4.74 Å². The number of hydrogen-bond donors (Lipinski definition) is 0. The predicted octanol–water partition coefficient (Wildman–Crippen LogP) is 1.83. The van der Waals surface area contributed by atoms with Crippen LogP contribution in [0.4, 0.5) is 0 Å². The molecular weight excluding hydrogens is 136 g/mol. The van der Waals surface area contributed by atoms with E-state index in [4.69, 9.17) is 17.6 Å². The number of ether oxygens (including phenoxy) is 1. The Labute approximate surface area is 69.1 Å². The minimum atomic E-state index is -0.321. The maximum Gasteiger partial charge on any atom is 0.0871 e. The molecule has 0 aliphatic carbocycles. The van der Waals surface area contributed by atoms with Crippen LogP contribution in [0.15, 0.2) is 0 Å².